The van der Waals surface area contributed by atoms with Crippen molar-refractivity contribution in [3.05, 3.63) is 97.8 Å². The highest BCUT2D eigenvalue weighted by molar-refractivity contribution is 9.10. The summed E-state index contributed by atoms with van der Waals surface area (Å²) in [7, 11) is 0. The van der Waals surface area contributed by atoms with Crippen molar-refractivity contribution in [2.45, 2.75) is 75.9 Å². The lowest BCUT2D eigenvalue weighted by Crippen LogP contribution is -2.39. The highest BCUT2D eigenvalue weighted by Gasteiger charge is 2.29. The summed E-state index contributed by atoms with van der Waals surface area (Å²) in [4.78, 5) is 39.1. The van der Waals surface area contributed by atoms with Crippen LogP contribution < -0.4 is 5.56 Å². The number of likely N-dealkylation sites (N-methyl/N-ethyl adjacent to an activating group) is 1. The first-order chi connectivity index (χ1) is 24.9. The molecular formula is C36H43BrFN5O8S. The molecule has 0 unspecified atom stereocenters. The summed E-state index contributed by atoms with van der Waals surface area (Å²) in [6, 6.07) is 16.8. The van der Waals surface area contributed by atoms with Crippen molar-refractivity contribution in [3.63, 3.8) is 0 Å². The average Bonchev–Trinajstić information content (AvgIpc) is 3.79. The fourth-order valence-corrected chi connectivity index (χ4v) is 6.82. The molecule has 1 aliphatic rings. The van der Waals surface area contributed by atoms with E-state index < -0.39 is 24.1 Å². The van der Waals surface area contributed by atoms with Crippen LogP contribution in [-0.4, -0.2) is 95.0 Å². The summed E-state index contributed by atoms with van der Waals surface area (Å²) in [5.74, 6) is -3.19. The molecule has 280 valence electrons. The minimum atomic E-state index is -2.27. The molecule has 1 aliphatic carbocycles. The number of halogens is 2. The lowest BCUT2D eigenvalue weighted by molar-refractivity contribution is -0.165. The molecule has 0 spiro atoms. The number of hydrogen-bond acceptors (Lipinski definition) is 10. The summed E-state index contributed by atoms with van der Waals surface area (Å²) in [5.41, 5.74) is 5.80. The van der Waals surface area contributed by atoms with Crippen LogP contribution in [0.15, 0.2) is 69.0 Å². The van der Waals surface area contributed by atoms with Gasteiger partial charge in [0, 0.05) is 40.1 Å². The Hall–Kier alpha value is -3.93. The molecule has 0 radical (unpaired) electrons. The maximum Gasteiger partial charge on any atom is 0.335 e. The van der Waals surface area contributed by atoms with Crippen molar-refractivity contribution in [1.82, 2.24) is 24.2 Å². The van der Waals surface area contributed by atoms with E-state index in [9.17, 15) is 18.8 Å². The van der Waals surface area contributed by atoms with Gasteiger partial charge in [-0.2, -0.15) is 10.1 Å². The fourth-order valence-electron chi connectivity index (χ4n) is 5.56. The molecule has 16 heteroatoms. The van der Waals surface area contributed by atoms with Crippen LogP contribution in [0.2, 0.25) is 0 Å². The Morgan fingerprint density at radius 3 is 2.27 bits per heavy atom. The molecule has 0 aliphatic heterocycles. The van der Waals surface area contributed by atoms with E-state index in [1.165, 1.54) is 23.9 Å². The molecule has 4 N–H and O–H groups in total. The molecule has 2 aromatic heterocycles. The third-order valence-corrected chi connectivity index (χ3v) is 10.1. The van der Waals surface area contributed by atoms with E-state index in [1.807, 2.05) is 12.1 Å². The standard InChI is InChI=1S/C32H37BrFN5O2S.C4H6O6/c1-3-37(4-2)16-17-39-27(20-29(36-39)24-10-12-25(33)13-11-24)21-41-19-18-38-30-7-5-6-28(30)31(40)35-32(38)42-22-23-8-14-26(34)15-9-23;5-1(3(7)8)2(6)4(9)10/h8-15,20H,3-7,16-19,21-22H2,1-2H3;1-2,5-6H,(H,7,8)(H,9,10)/t;1-,2-/m.1/s1. The maximum atomic E-state index is 13.4. The zero-order valence-electron chi connectivity index (χ0n) is 29.0. The van der Waals surface area contributed by atoms with Gasteiger partial charge in [-0.15, -0.1) is 0 Å². The Balaban J connectivity index is 0.000000530. The second-order valence-corrected chi connectivity index (χ2v) is 13.8. The molecule has 52 heavy (non-hydrogen) atoms. The number of nitrogens with zero attached hydrogens (tertiary/aromatic N) is 5. The van der Waals surface area contributed by atoms with E-state index in [-0.39, 0.29) is 11.4 Å². The Morgan fingerprint density at radius 1 is 1.00 bits per heavy atom. The number of aliphatic carboxylic acids is 2. The SMILES string of the molecule is CCN(CC)CCn1nc(-c2ccc(Br)cc2)cc1COCCn1c(SCc2ccc(F)cc2)nc(=O)c2c1CCC2.O=C(O)[C@H](O)[C@@H](O)C(=O)O. The van der Waals surface area contributed by atoms with Crippen LogP contribution >= 0.6 is 27.7 Å². The van der Waals surface area contributed by atoms with Gasteiger partial charge in [0.05, 0.1) is 31.1 Å². The minimum Gasteiger partial charge on any atom is -0.479 e. The number of aliphatic hydroxyl groups excluding tert-OH is 2. The van der Waals surface area contributed by atoms with Gasteiger partial charge in [-0.1, -0.05) is 65.8 Å². The van der Waals surface area contributed by atoms with Crippen LogP contribution in [0.1, 0.15) is 42.8 Å². The average molecular weight is 805 g/mol. The number of rotatable bonds is 17. The summed E-state index contributed by atoms with van der Waals surface area (Å²) < 4.78 is 24.9. The third-order valence-electron chi connectivity index (χ3n) is 8.52. The minimum absolute atomic E-state index is 0.126. The lowest BCUT2D eigenvalue weighted by atomic mass is 10.1. The first-order valence-electron chi connectivity index (χ1n) is 16.9. The molecule has 2 aromatic carbocycles. The monoisotopic (exact) mass is 803 g/mol. The summed E-state index contributed by atoms with van der Waals surface area (Å²) in [6.45, 7) is 9.60. The van der Waals surface area contributed by atoms with Gasteiger partial charge in [0.2, 0.25) is 0 Å². The van der Waals surface area contributed by atoms with Gasteiger partial charge in [0.1, 0.15) is 5.82 Å². The molecule has 4 aromatic rings. The molecular weight excluding hydrogens is 761 g/mol. The predicted molar refractivity (Wildman–Crippen MR) is 197 cm³/mol. The topological polar surface area (TPSA) is 180 Å². The molecule has 2 heterocycles. The highest BCUT2D eigenvalue weighted by Crippen LogP contribution is 2.27. The molecule has 0 saturated carbocycles. The number of carboxylic acids is 2. The summed E-state index contributed by atoms with van der Waals surface area (Å²) in [5, 5.41) is 38.2. The quantitative estimate of drug-likeness (QED) is 0.0680. The van der Waals surface area contributed by atoms with Gasteiger partial charge in [-0.25, -0.2) is 14.0 Å². The first kappa shape index (κ1) is 40.8. The van der Waals surface area contributed by atoms with E-state index in [0.29, 0.717) is 30.7 Å². The molecule has 0 amide bonds. The number of carboxylic acid groups (broad SMARTS) is 2. The Morgan fingerprint density at radius 2 is 1.65 bits per heavy atom. The first-order valence-corrected chi connectivity index (χ1v) is 18.6. The van der Waals surface area contributed by atoms with Gasteiger partial charge >= 0.3 is 11.9 Å². The molecule has 2 atom stereocenters. The number of hydrogen-bond donors (Lipinski definition) is 4. The van der Waals surface area contributed by atoms with E-state index in [2.05, 4.69) is 67.1 Å². The molecule has 0 bridgehead atoms. The Labute approximate surface area is 313 Å². The van der Waals surface area contributed by atoms with E-state index in [0.717, 1.165) is 83.7 Å². The van der Waals surface area contributed by atoms with Crippen molar-refractivity contribution in [2.24, 2.45) is 0 Å². The van der Waals surface area contributed by atoms with Crippen molar-refractivity contribution in [3.8, 4) is 11.3 Å². The van der Waals surface area contributed by atoms with Crippen molar-refractivity contribution < 1.29 is 39.1 Å². The van der Waals surface area contributed by atoms with Gasteiger partial charge in [-0.05, 0) is 68.2 Å². The number of fused-ring (bicyclic) bond motifs is 1. The van der Waals surface area contributed by atoms with Crippen LogP contribution in [0.5, 0.6) is 0 Å². The van der Waals surface area contributed by atoms with Crippen LogP contribution in [0, 0.1) is 5.82 Å². The summed E-state index contributed by atoms with van der Waals surface area (Å²) in [6.07, 6.45) is -1.93. The van der Waals surface area contributed by atoms with Crippen molar-refractivity contribution in [2.75, 3.05) is 26.2 Å². The number of carbonyl (C=O) groups is 2. The lowest BCUT2D eigenvalue weighted by Gasteiger charge is -2.19. The van der Waals surface area contributed by atoms with Crippen LogP contribution in [-0.2, 0) is 52.6 Å². The number of aromatic nitrogens is 4. The molecule has 13 nitrogen and oxygen atoms in total. The number of benzene rings is 2. The summed E-state index contributed by atoms with van der Waals surface area (Å²) >= 11 is 5.03. The molecule has 0 fully saturated rings. The maximum absolute atomic E-state index is 13.4. The fraction of sp³-hybridized carbons (Fsp3) is 0.417. The van der Waals surface area contributed by atoms with Crippen molar-refractivity contribution >= 4 is 39.6 Å². The van der Waals surface area contributed by atoms with Crippen LogP contribution in [0.4, 0.5) is 4.39 Å². The number of thioether (sulfide) groups is 1. The van der Waals surface area contributed by atoms with Gasteiger partial charge < -0.3 is 34.6 Å². The zero-order valence-corrected chi connectivity index (χ0v) is 31.4. The van der Waals surface area contributed by atoms with E-state index in [1.54, 1.807) is 12.1 Å². The zero-order chi connectivity index (χ0) is 37.8. The van der Waals surface area contributed by atoms with Crippen LogP contribution in [0.25, 0.3) is 11.3 Å². The molecule has 5 rings (SSSR count). The molecule has 0 saturated heterocycles. The van der Waals surface area contributed by atoms with Gasteiger partial charge in [0.15, 0.2) is 17.4 Å². The highest BCUT2D eigenvalue weighted by atomic mass is 79.9. The number of aliphatic hydroxyl groups is 2. The normalized spacial score (nSPS) is 13.4. The van der Waals surface area contributed by atoms with Crippen molar-refractivity contribution in [1.29, 1.82) is 0 Å². The number of ether oxygens (including phenoxy) is 1. The predicted octanol–water partition coefficient (Wildman–Crippen LogP) is 4.23. The Bertz CT molecular complexity index is 1830. The van der Waals surface area contributed by atoms with E-state index in [4.69, 9.17) is 30.3 Å². The van der Waals surface area contributed by atoms with Gasteiger partial charge in [-0.3, -0.25) is 9.48 Å². The second-order valence-electron chi connectivity index (χ2n) is 11.9. The third kappa shape index (κ3) is 11.3. The largest absolute Gasteiger partial charge is 0.479 e. The van der Waals surface area contributed by atoms with Crippen LogP contribution in [0.3, 0.4) is 0 Å². The second kappa shape index (κ2) is 19.8. The van der Waals surface area contributed by atoms with E-state index >= 15 is 0 Å². The smallest absolute Gasteiger partial charge is 0.335 e. The van der Waals surface area contributed by atoms with Gasteiger partial charge in [0.25, 0.3) is 5.56 Å². The Kier molecular flexibility index (Phi) is 15.5.